The van der Waals surface area contributed by atoms with E-state index in [1.54, 1.807) is 14.2 Å². The standard InChI is InChI=1S/C15H21NO3/c1-11-8-13(17)6-7-16(11)10-12-4-5-14(18-2)9-15(12)19-3/h4-5,9,11H,6-8,10H2,1-3H3. The number of hydrogen-bond acceptors (Lipinski definition) is 4. The van der Waals surface area contributed by atoms with Gasteiger partial charge in [0.1, 0.15) is 17.3 Å². The van der Waals surface area contributed by atoms with E-state index in [9.17, 15) is 4.79 Å². The number of ketones is 1. The Kier molecular flexibility index (Phi) is 4.43. The van der Waals surface area contributed by atoms with Crippen molar-refractivity contribution in [3.63, 3.8) is 0 Å². The summed E-state index contributed by atoms with van der Waals surface area (Å²) in [5, 5.41) is 0. The minimum Gasteiger partial charge on any atom is -0.497 e. The number of rotatable bonds is 4. The van der Waals surface area contributed by atoms with Crippen LogP contribution in [-0.4, -0.2) is 37.5 Å². The van der Waals surface area contributed by atoms with Gasteiger partial charge in [-0.2, -0.15) is 0 Å². The molecule has 104 valence electrons. The van der Waals surface area contributed by atoms with E-state index >= 15 is 0 Å². The molecule has 1 atom stereocenters. The second-order valence-corrected chi connectivity index (χ2v) is 4.99. The van der Waals surface area contributed by atoms with E-state index in [4.69, 9.17) is 9.47 Å². The highest BCUT2D eigenvalue weighted by atomic mass is 16.5. The second-order valence-electron chi connectivity index (χ2n) is 4.99. The molecule has 0 radical (unpaired) electrons. The van der Waals surface area contributed by atoms with E-state index in [2.05, 4.69) is 11.8 Å². The van der Waals surface area contributed by atoms with E-state index in [0.717, 1.165) is 30.2 Å². The molecule has 1 saturated heterocycles. The van der Waals surface area contributed by atoms with Gasteiger partial charge in [0.15, 0.2) is 0 Å². The molecule has 1 fully saturated rings. The molecule has 19 heavy (non-hydrogen) atoms. The van der Waals surface area contributed by atoms with Gasteiger partial charge >= 0.3 is 0 Å². The molecule has 1 aromatic carbocycles. The summed E-state index contributed by atoms with van der Waals surface area (Å²) in [5.74, 6) is 2.00. The molecule has 1 unspecified atom stereocenters. The minimum absolute atomic E-state index is 0.299. The number of likely N-dealkylation sites (tertiary alicyclic amines) is 1. The fourth-order valence-electron chi connectivity index (χ4n) is 2.49. The molecule has 0 amide bonds. The molecule has 0 aromatic heterocycles. The molecule has 1 aliphatic rings. The summed E-state index contributed by atoms with van der Waals surface area (Å²) in [6.07, 6.45) is 1.31. The lowest BCUT2D eigenvalue weighted by Crippen LogP contribution is -2.40. The number of carbonyl (C=O) groups excluding carboxylic acids is 1. The molecular weight excluding hydrogens is 242 g/mol. The van der Waals surface area contributed by atoms with E-state index in [0.29, 0.717) is 24.7 Å². The SMILES string of the molecule is COc1ccc(CN2CCC(=O)CC2C)c(OC)c1. The van der Waals surface area contributed by atoms with Gasteiger partial charge in [0.2, 0.25) is 0 Å². The predicted molar refractivity (Wildman–Crippen MR) is 73.7 cm³/mol. The summed E-state index contributed by atoms with van der Waals surface area (Å²) in [5.41, 5.74) is 1.13. The quantitative estimate of drug-likeness (QED) is 0.835. The summed E-state index contributed by atoms with van der Waals surface area (Å²) in [6, 6.07) is 6.17. The van der Waals surface area contributed by atoms with Gasteiger partial charge in [0.05, 0.1) is 14.2 Å². The van der Waals surface area contributed by atoms with Gasteiger partial charge in [-0.15, -0.1) is 0 Å². The topological polar surface area (TPSA) is 38.8 Å². The first-order chi connectivity index (χ1) is 9.13. The number of ether oxygens (including phenoxy) is 2. The first-order valence-electron chi connectivity index (χ1n) is 6.60. The molecule has 0 saturated carbocycles. The van der Waals surface area contributed by atoms with Crippen LogP contribution in [0.1, 0.15) is 25.3 Å². The van der Waals surface area contributed by atoms with Crippen LogP contribution >= 0.6 is 0 Å². The van der Waals surface area contributed by atoms with Crippen molar-refractivity contribution in [1.29, 1.82) is 0 Å². The Hall–Kier alpha value is -1.55. The highest BCUT2D eigenvalue weighted by Crippen LogP contribution is 2.27. The third kappa shape index (κ3) is 3.26. The molecule has 0 aliphatic carbocycles. The number of methoxy groups -OCH3 is 2. The van der Waals surface area contributed by atoms with Crippen LogP contribution < -0.4 is 9.47 Å². The first-order valence-corrected chi connectivity index (χ1v) is 6.60. The maximum atomic E-state index is 11.4. The van der Waals surface area contributed by atoms with Gasteiger partial charge in [0.25, 0.3) is 0 Å². The normalized spacial score (nSPS) is 20.4. The predicted octanol–water partition coefficient (Wildman–Crippen LogP) is 2.26. The van der Waals surface area contributed by atoms with Crippen molar-refractivity contribution < 1.29 is 14.3 Å². The van der Waals surface area contributed by atoms with E-state index < -0.39 is 0 Å². The Labute approximate surface area is 114 Å². The van der Waals surface area contributed by atoms with Gasteiger partial charge in [-0.05, 0) is 13.0 Å². The van der Waals surface area contributed by atoms with Crippen molar-refractivity contribution in [2.45, 2.75) is 32.4 Å². The van der Waals surface area contributed by atoms with Crippen LogP contribution in [-0.2, 0) is 11.3 Å². The van der Waals surface area contributed by atoms with Crippen LogP contribution in [0, 0.1) is 0 Å². The second kappa shape index (κ2) is 6.06. The molecule has 0 spiro atoms. The largest absolute Gasteiger partial charge is 0.497 e. The van der Waals surface area contributed by atoms with E-state index in [-0.39, 0.29) is 0 Å². The maximum absolute atomic E-state index is 11.4. The van der Waals surface area contributed by atoms with E-state index in [1.165, 1.54) is 0 Å². The van der Waals surface area contributed by atoms with Gasteiger partial charge < -0.3 is 9.47 Å². The molecule has 2 rings (SSSR count). The average molecular weight is 263 g/mol. The number of nitrogens with zero attached hydrogens (tertiary/aromatic N) is 1. The molecule has 0 bridgehead atoms. The first kappa shape index (κ1) is 13.9. The molecule has 4 heteroatoms. The third-order valence-electron chi connectivity index (χ3n) is 3.69. The molecule has 1 aliphatic heterocycles. The zero-order chi connectivity index (χ0) is 13.8. The monoisotopic (exact) mass is 263 g/mol. The molecule has 0 N–H and O–H groups in total. The fourth-order valence-corrected chi connectivity index (χ4v) is 2.49. The van der Waals surface area contributed by atoms with Crippen LogP contribution in [0.3, 0.4) is 0 Å². The lowest BCUT2D eigenvalue weighted by atomic mass is 10.0. The van der Waals surface area contributed by atoms with Gasteiger partial charge in [-0.1, -0.05) is 6.07 Å². The summed E-state index contributed by atoms with van der Waals surface area (Å²) in [4.78, 5) is 13.7. The van der Waals surface area contributed by atoms with Crippen LogP contribution in [0.25, 0.3) is 0 Å². The molecular formula is C15H21NO3. The number of piperidine rings is 1. The summed E-state index contributed by atoms with van der Waals surface area (Å²) in [6.45, 7) is 3.74. The Balaban J connectivity index is 2.12. The van der Waals surface area contributed by atoms with Crippen LogP contribution in [0.5, 0.6) is 11.5 Å². The van der Waals surface area contributed by atoms with Crippen LogP contribution in [0.2, 0.25) is 0 Å². The zero-order valence-corrected chi connectivity index (χ0v) is 11.8. The zero-order valence-electron chi connectivity index (χ0n) is 11.8. The molecule has 4 nitrogen and oxygen atoms in total. The number of hydrogen-bond donors (Lipinski definition) is 0. The van der Waals surface area contributed by atoms with Gasteiger partial charge in [-0.3, -0.25) is 9.69 Å². The maximum Gasteiger partial charge on any atom is 0.135 e. The van der Waals surface area contributed by atoms with Crippen molar-refractivity contribution in [2.75, 3.05) is 20.8 Å². The molecule has 1 aromatic rings. The van der Waals surface area contributed by atoms with Crippen molar-refractivity contribution in [2.24, 2.45) is 0 Å². The highest BCUT2D eigenvalue weighted by molar-refractivity contribution is 5.79. The number of carbonyl (C=O) groups is 1. The summed E-state index contributed by atoms with van der Waals surface area (Å²) >= 11 is 0. The van der Waals surface area contributed by atoms with Crippen LogP contribution in [0.15, 0.2) is 18.2 Å². The Morgan fingerprint density at radius 3 is 2.74 bits per heavy atom. The van der Waals surface area contributed by atoms with Crippen molar-refractivity contribution >= 4 is 5.78 Å². The third-order valence-corrected chi connectivity index (χ3v) is 3.69. The van der Waals surface area contributed by atoms with Gasteiger partial charge in [-0.25, -0.2) is 0 Å². The summed E-state index contributed by atoms with van der Waals surface area (Å²) in [7, 11) is 3.31. The highest BCUT2D eigenvalue weighted by Gasteiger charge is 2.24. The fraction of sp³-hybridized carbons (Fsp3) is 0.533. The minimum atomic E-state index is 0.299. The Morgan fingerprint density at radius 1 is 1.32 bits per heavy atom. The van der Waals surface area contributed by atoms with Crippen LogP contribution in [0.4, 0.5) is 0 Å². The average Bonchev–Trinajstić information content (AvgIpc) is 2.42. The van der Waals surface area contributed by atoms with Gasteiger partial charge in [0, 0.05) is 43.6 Å². The lowest BCUT2D eigenvalue weighted by Gasteiger charge is -2.32. The van der Waals surface area contributed by atoms with Crippen molar-refractivity contribution in [1.82, 2.24) is 4.90 Å². The van der Waals surface area contributed by atoms with Crippen molar-refractivity contribution in [3.8, 4) is 11.5 Å². The van der Waals surface area contributed by atoms with E-state index in [1.807, 2.05) is 18.2 Å². The van der Waals surface area contributed by atoms with Crippen molar-refractivity contribution in [3.05, 3.63) is 23.8 Å². The Bertz CT molecular complexity index is 459. The summed E-state index contributed by atoms with van der Waals surface area (Å²) < 4.78 is 10.6. The smallest absolute Gasteiger partial charge is 0.135 e. The number of Topliss-reactive ketones (excluding diaryl/α,β-unsaturated/α-hetero) is 1. The Morgan fingerprint density at radius 2 is 2.11 bits per heavy atom. The molecule has 1 heterocycles. The lowest BCUT2D eigenvalue weighted by molar-refractivity contribution is -0.123. The number of benzene rings is 1.